The van der Waals surface area contributed by atoms with Crippen molar-refractivity contribution in [1.82, 2.24) is 15.3 Å². The third-order valence-corrected chi connectivity index (χ3v) is 4.36. The van der Waals surface area contributed by atoms with Gasteiger partial charge in [-0.05, 0) is 30.6 Å². The van der Waals surface area contributed by atoms with Gasteiger partial charge in [0.05, 0.1) is 10.4 Å². The number of nitrogens with one attached hydrogen (secondary N) is 1. The second-order valence-electron chi connectivity index (χ2n) is 4.90. The van der Waals surface area contributed by atoms with Gasteiger partial charge in [0.2, 0.25) is 5.79 Å². The van der Waals surface area contributed by atoms with Crippen LogP contribution in [0.4, 0.5) is 0 Å². The first kappa shape index (κ1) is 14.9. The zero-order valence-corrected chi connectivity index (χ0v) is 13.0. The first-order valence-corrected chi connectivity index (χ1v) is 7.90. The molecule has 2 aromatic heterocycles. The van der Waals surface area contributed by atoms with E-state index in [1.54, 1.807) is 18.5 Å². The summed E-state index contributed by atoms with van der Waals surface area (Å²) in [7, 11) is 1.85. The smallest absolute Gasteiger partial charge is 0.245 e. The minimum absolute atomic E-state index is 0.431. The lowest BCUT2D eigenvalue weighted by Crippen LogP contribution is -2.35. The van der Waals surface area contributed by atoms with Crippen LogP contribution in [-0.4, -0.2) is 28.7 Å². The Morgan fingerprint density at radius 2 is 2.09 bits per heavy atom. The predicted octanol–water partition coefficient (Wildman–Crippen LogP) is 2.52. The Kier molecular flexibility index (Phi) is 4.33. The summed E-state index contributed by atoms with van der Waals surface area (Å²) < 4.78 is 5.99. The first-order chi connectivity index (χ1) is 10.7. The fourth-order valence-electron chi connectivity index (χ4n) is 2.25. The van der Waals surface area contributed by atoms with Crippen molar-refractivity contribution in [1.29, 1.82) is 0 Å². The van der Waals surface area contributed by atoms with E-state index in [0.717, 1.165) is 10.4 Å². The van der Waals surface area contributed by atoms with Crippen LogP contribution in [0.1, 0.15) is 11.3 Å². The SMILES string of the molecule is CNCCC(O)(Oc1cccc2nccnc12)c1cccs1. The second kappa shape index (κ2) is 6.39. The second-order valence-corrected chi connectivity index (χ2v) is 5.85. The van der Waals surface area contributed by atoms with Gasteiger partial charge in [-0.3, -0.25) is 4.98 Å². The Hall–Kier alpha value is -2.02. The Morgan fingerprint density at radius 1 is 1.23 bits per heavy atom. The zero-order valence-electron chi connectivity index (χ0n) is 12.2. The topological polar surface area (TPSA) is 67.3 Å². The number of aromatic nitrogens is 2. The summed E-state index contributed by atoms with van der Waals surface area (Å²) in [5.74, 6) is -0.860. The minimum atomic E-state index is -1.39. The molecule has 0 radical (unpaired) electrons. The zero-order chi connectivity index (χ0) is 15.4. The number of ether oxygens (including phenoxy) is 1. The molecule has 0 fully saturated rings. The molecule has 1 atom stereocenters. The van der Waals surface area contributed by atoms with Crippen molar-refractivity contribution in [2.45, 2.75) is 12.2 Å². The molecule has 0 spiro atoms. The van der Waals surface area contributed by atoms with Gasteiger partial charge in [-0.15, -0.1) is 11.3 Å². The molecule has 0 bridgehead atoms. The Balaban J connectivity index is 1.99. The van der Waals surface area contributed by atoms with E-state index in [4.69, 9.17) is 4.74 Å². The largest absolute Gasteiger partial charge is 0.455 e. The summed E-state index contributed by atoms with van der Waals surface area (Å²) in [5.41, 5.74) is 1.38. The summed E-state index contributed by atoms with van der Waals surface area (Å²) in [6, 6.07) is 9.29. The molecule has 0 saturated heterocycles. The average Bonchev–Trinajstić information content (AvgIpc) is 3.09. The molecule has 2 N–H and O–H groups in total. The van der Waals surface area contributed by atoms with Crippen molar-refractivity contribution < 1.29 is 9.84 Å². The highest BCUT2D eigenvalue weighted by Crippen LogP contribution is 2.34. The molecular weight excluding hydrogens is 298 g/mol. The number of rotatable bonds is 6. The van der Waals surface area contributed by atoms with E-state index in [-0.39, 0.29) is 0 Å². The van der Waals surface area contributed by atoms with Crippen molar-refractivity contribution in [2.24, 2.45) is 0 Å². The molecule has 22 heavy (non-hydrogen) atoms. The molecule has 0 aliphatic heterocycles. The van der Waals surface area contributed by atoms with Gasteiger partial charge in [0.1, 0.15) is 5.52 Å². The van der Waals surface area contributed by atoms with Gasteiger partial charge in [-0.2, -0.15) is 0 Å². The summed E-state index contributed by atoms with van der Waals surface area (Å²) in [6.45, 7) is 0.630. The third-order valence-electron chi connectivity index (χ3n) is 3.36. The van der Waals surface area contributed by atoms with Gasteiger partial charge >= 0.3 is 0 Å². The van der Waals surface area contributed by atoms with E-state index < -0.39 is 5.79 Å². The number of hydrogen-bond acceptors (Lipinski definition) is 6. The molecule has 114 valence electrons. The van der Waals surface area contributed by atoms with Crippen molar-refractivity contribution >= 4 is 22.4 Å². The highest BCUT2D eigenvalue weighted by Gasteiger charge is 2.33. The van der Waals surface area contributed by atoms with E-state index in [0.29, 0.717) is 24.2 Å². The molecule has 3 rings (SSSR count). The van der Waals surface area contributed by atoms with Crippen LogP contribution in [0, 0.1) is 0 Å². The van der Waals surface area contributed by atoms with E-state index >= 15 is 0 Å². The van der Waals surface area contributed by atoms with Crippen molar-refractivity contribution in [3.8, 4) is 5.75 Å². The lowest BCUT2D eigenvalue weighted by molar-refractivity contribution is -0.146. The summed E-state index contributed by atoms with van der Waals surface area (Å²) in [5, 5.41) is 16.0. The Morgan fingerprint density at radius 3 is 2.86 bits per heavy atom. The van der Waals surface area contributed by atoms with Crippen LogP contribution in [0.15, 0.2) is 48.1 Å². The van der Waals surface area contributed by atoms with Crippen LogP contribution in [0.3, 0.4) is 0 Å². The standard InChI is InChI=1S/C16H17N3O2S/c1-17-8-7-16(20,14-6-3-11-22-14)21-13-5-2-4-12-15(13)19-10-9-18-12/h2-6,9-11,17,20H,7-8H2,1H3. The number of fused-ring (bicyclic) bond motifs is 1. The number of para-hydroxylation sites is 1. The van der Waals surface area contributed by atoms with Crippen molar-refractivity contribution in [3.05, 3.63) is 53.0 Å². The third kappa shape index (κ3) is 2.94. The van der Waals surface area contributed by atoms with Gasteiger partial charge in [0, 0.05) is 25.4 Å². The van der Waals surface area contributed by atoms with Crippen LogP contribution in [0.25, 0.3) is 11.0 Å². The lowest BCUT2D eigenvalue weighted by atomic mass is 10.1. The summed E-state index contributed by atoms with van der Waals surface area (Å²) in [6.07, 6.45) is 3.69. The van der Waals surface area contributed by atoms with Gasteiger partial charge in [-0.1, -0.05) is 12.1 Å². The number of benzene rings is 1. The Bertz CT molecular complexity index is 743. The predicted molar refractivity (Wildman–Crippen MR) is 86.9 cm³/mol. The van der Waals surface area contributed by atoms with Crippen LogP contribution in [0.5, 0.6) is 5.75 Å². The number of nitrogens with zero attached hydrogens (tertiary/aromatic N) is 2. The molecule has 0 aliphatic rings. The molecule has 3 aromatic rings. The van der Waals surface area contributed by atoms with Crippen molar-refractivity contribution in [3.63, 3.8) is 0 Å². The minimum Gasteiger partial charge on any atom is -0.455 e. The van der Waals surface area contributed by atoms with Crippen LogP contribution in [-0.2, 0) is 5.79 Å². The maximum absolute atomic E-state index is 11.0. The lowest BCUT2D eigenvalue weighted by Gasteiger charge is -2.28. The number of aliphatic hydroxyl groups is 1. The normalized spacial score (nSPS) is 13.9. The van der Waals surface area contributed by atoms with Crippen LogP contribution in [0.2, 0.25) is 0 Å². The van der Waals surface area contributed by atoms with E-state index in [1.807, 2.05) is 36.7 Å². The number of thiophene rings is 1. The molecule has 0 amide bonds. The number of hydrogen-bond donors (Lipinski definition) is 2. The monoisotopic (exact) mass is 315 g/mol. The Labute approximate surface area is 132 Å². The molecule has 1 unspecified atom stereocenters. The molecule has 5 nitrogen and oxygen atoms in total. The van der Waals surface area contributed by atoms with E-state index in [9.17, 15) is 5.11 Å². The fourth-order valence-corrected chi connectivity index (χ4v) is 3.04. The summed E-state index contributed by atoms with van der Waals surface area (Å²) in [4.78, 5) is 9.35. The van der Waals surface area contributed by atoms with Gasteiger partial charge in [0.25, 0.3) is 0 Å². The molecular formula is C16H17N3O2S. The van der Waals surface area contributed by atoms with Crippen LogP contribution < -0.4 is 10.1 Å². The molecule has 2 heterocycles. The van der Waals surface area contributed by atoms with E-state index in [1.165, 1.54) is 11.3 Å². The maximum atomic E-state index is 11.0. The van der Waals surface area contributed by atoms with Gasteiger partial charge < -0.3 is 15.2 Å². The quantitative estimate of drug-likeness (QED) is 0.684. The molecule has 0 saturated carbocycles. The molecule has 6 heteroatoms. The maximum Gasteiger partial charge on any atom is 0.245 e. The average molecular weight is 315 g/mol. The van der Waals surface area contributed by atoms with Gasteiger partial charge in [0.15, 0.2) is 5.75 Å². The summed E-state index contributed by atoms with van der Waals surface area (Å²) >= 11 is 1.47. The highest BCUT2D eigenvalue weighted by molar-refractivity contribution is 7.10. The fraction of sp³-hybridized carbons (Fsp3) is 0.250. The van der Waals surface area contributed by atoms with Crippen LogP contribution >= 0.6 is 11.3 Å². The van der Waals surface area contributed by atoms with Crippen molar-refractivity contribution in [2.75, 3.05) is 13.6 Å². The first-order valence-electron chi connectivity index (χ1n) is 7.03. The van der Waals surface area contributed by atoms with E-state index in [2.05, 4.69) is 15.3 Å². The molecule has 0 aliphatic carbocycles. The highest BCUT2D eigenvalue weighted by atomic mass is 32.1. The molecule has 1 aromatic carbocycles. The van der Waals surface area contributed by atoms with Gasteiger partial charge in [-0.25, -0.2) is 4.98 Å².